The highest BCUT2D eigenvalue weighted by atomic mass is 127. The average Bonchev–Trinajstić information content (AvgIpc) is 3.02. The zero-order valence-corrected chi connectivity index (χ0v) is 14.9. The molecule has 0 N–H and O–H groups in total. The van der Waals surface area contributed by atoms with Crippen molar-refractivity contribution in [2.75, 3.05) is 11.0 Å². The normalized spacial score (nSPS) is 42.7. The van der Waals surface area contributed by atoms with Crippen LogP contribution in [0.2, 0.25) is 0 Å². The van der Waals surface area contributed by atoms with Crippen molar-refractivity contribution in [3.05, 3.63) is 0 Å². The van der Waals surface area contributed by atoms with Gasteiger partial charge in [-0.2, -0.15) is 0 Å². The molecule has 6 unspecified atom stereocenters. The molecule has 2 bridgehead atoms. The second-order valence-electron chi connectivity index (χ2n) is 5.99. The summed E-state index contributed by atoms with van der Waals surface area (Å²) in [5, 5.41) is 0. The lowest BCUT2D eigenvalue weighted by atomic mass is 9.80. The summed E-state index contributed by atoms with van der Waals surface area (Å²) in [5.74, 6) is 0.821. The van der Waals surface area contributed by atoms with Crippen molar-refractivity contribution in [1.82, 2.24) is 0 Å². The summed E-state index contributed by atoms with van der Waals surface area (Å²) in [4.78, 5) is 23.9. The molecule has 3 aliphatic rings. The van der Waals surface area contributed by atoms with E-state index >= 15 is 0 Å². The maximum Gasteiger partial charge on any atom is 0.322 e. The van der Waals surface area contributed by atoms with Gasteiger partial charge in [0.25, 0.3) is 0 Å². The van der Waals surface area contributed by atoms with Crippen molar-refractivity contribution in [1.29, 1.82) is 0 Å². The second-order valence-corrected chi connectivity index (χ2v) is 9.13. The van der Waals surface area contributed by atoms with Crippen molar-refractivity contribution < 1.29 is 19.1 Å². The maximum absolute atomic E-state index is 12.2. The number of hydrogen-bond acceptors (Lipinski definition) is 4. The SMILES string of the molecule is CC(I)(CI)C(=O)OC1CC2CC1C1C(=O)OCC21. The Morgan fingerprint density at radius 2 is 2.21 bits per heavy atom. The Hall–Kier alpha value is 0.400. The molecule has 0 aromatic carbocycles. The Morgan fingerprint density at radius 1 is 1.47 bits per heavy atom. The lowest BCUT2D eigenvalue weighted by Crippen LogP contribution is -2.40. The highest BCUT2D eigenvalue weighted by molar-refractivity contribution is 14.1. The minimum absolute atomic E-state index is 0.0170. The predicted octanol–water partition coefficient (Wildman–Crippen LogP) is 2.36. The van der Waals surface area contributed by atoms with E-state index < -0.39 is 3.42 Å². The number of fused-ring (bicyclic) bond motifs is 5. The van der Waals surface area contributed by atoms with Gasteiger partial charge in [-0.1, -0.05) is 45.2 Å². The smallest absolute Gasteiger partial charge is 0.322 e. The summed E-state index contributed by atoms with van der Waals surface area (Å²) < 4.78 is 11.1. The number of cyclic esters (lactones) is 1. The van der Waals surface area contributed by atoms with Crippen LogP contribution < -0.4 is 0 Å². The van der Waals surface area contributed by atoms with Crippen molar-refractivity contribution in [2.45, 2.75) is 29.3 Å². The molecule has 0 spiro atoms. The van der Waals surface area contributed by atoms with Gasteiger partial charge in [0.15, 0.2) is 0 Å². The van der Waals surface area contributed by atoms with E-state index in [0.717, 1.165) is 17.3 Å². The molecule has 4 nitrogen and oxygen atoms in total. The van der Waals surface area contributed by atoms with Crippen LogP contribution in [0.1, 0.15) is 19.8 Å². The fraction of sp³-hybridized carbons (Fsp3) is 0.846. The average molecular weight is 490 g/mol. The molecule has 0 amide bonds. The van der Waals surface area contributed by atoms with E-state index in [1.54, 1.807) is 0 Å². The topological polar surface area (TPSA) is 52.6 Å². The van der Waals surface area contributed by atoms with E-state index in [1.165, 1.54) is 0 Å². The van der Waals surface area contributed by atoms with Crippen LogP contribution in [-0.4, -0.2) is 32.5 Å². The Bertz CT molecular complexity index is 423. The quantitative estimate of drug-likeness (QED) is 0.347. The number of carbonyl (C=O) groups excluding carboxylic acids is 2. The van der Waals surface area contributed by atoms with E-state index in [2.05, 4.69) is 45.2 Å². The molecular weight excluding hydrogens is 474 g/mol. The molecule has 2 aliphatic carbocycles. The van der Waals surface area contributed by atoms with Crippen molar-refractivity contribution in [3.8, 4) is 0 Å². The van der Waals surface area contributed by atoms with Crippen LogP contribution in [0.15, 0.2) is 0 Å². The van der Waals surface area contributed by atoms with Gasteiger partial charge in [0.2, 0.25) is 0 Å². The molecule has 1 aliphatic heterocycles. The van der Waals surface area contributed by atoms with E-state index in [9.17, 15) is 9.59 Å². The summed E-state index contributed by atoms with van der Waals surface area (Å²) in [6.45, 7) is 2.46. The van der Waals surface area contributed by atoms with Gasteiger partial charge in [-0.15, -0.1) is 0 Å². The maximum atomic E-state index is 12.2. The first kappa shape index (κ1) is 14.3. The summed E-state index contributed by atoms with van der Waals surface area (Å²) in [5.41, 5.74) is 0. The minimum atomic E-state index is -0.476. The molecule has 106 valence electrons. The highest BCUT2D eigenvalue weighted by Gasteiger charge is 2.60. The summed E-state index contributed by atoms with van der Waals surface area (Å²) >= 11 is 4.34. The Kier molecular flexibility index (Phi) is 3.77. The lowest BCUT2D eigenvalue weighted by Gasteiger charge is -2.30. The summed E-state index contributed by atoms with van der Waals surface area (Å²) in [6, 6.07) is 0. The van der Waals surface area contributed by atoms with Crippen molar-refractivity contribution >= 4 is 57.1 Å². The minimum Gasteiger partial charge on any atom is -0.465 e. The van der Waals surface area contributed by atoms with Crippen LogP contribution >= 0.6 is 45.2 Å². The molecule has 0 aromatic rings. The number of ether oxygens (including phenoxy) is 2. The number of alkyl halides is 2. The Balaban J connectivity index is 1.69. The first-order valence-corrected chi connectivity index (χ1v) is 9.17. The van der Waals surface area contributed by atoms with Crippen molar-refractivity contribution in [2.24, 2.45) is 23.7 Å². The summed E-state index contributed by atoms with van der Waals surface area (Å²) in [7, 11) is 0. The molecular formula is C13H16I2O4. The molecule has 6 heteroatoms. The summed E-state index contributed by atoms with van der Waals surface area (Å²) in [6.07, 6.45) is 1.84. The molecule has 0 aromatic heterocycles. The van der Waals surface area contributed by atoms with Crippen molar-refractivity contribution in [3.63, 3.8) is 0 Å². The predicted molar refractivity (Wildman–Crippen MR) is 85.3 cm³/mol. The Morgan fingerprint density at radius 3 is 2.89 bits per heavy atom. The molecule has 1 saturated heterocycles. The third-order valence-corrected chi connectivity index (χ3v) is 8.55. The van der Waals surface area contributed by atoms with E-state index in [1.807, 2.05) is 6.92 Å². The molecule has 19 heavy (non-hydrogen) atoms. The zero-order chi connectivity index (χ0) is 13.8. The largest absolute Gasteiger partial charge is 0.465 e. The van der Waals surface area contributed by atoms with Crippen LogP contribution in [-0.2, 0) is 19.1 Å². The van der Waals surface area contributed by atoms with Crippen LogP contribution in [0.3, 0.4) is 0 Å². The molecule has 3 rings (SSSR count). The number of esters is 2. The van der Waals surface area contributed by atoms with Gasteiger partial charge in [-0.3, -0.25) is 9.59 Å². The van der Waals surface area contributed by atoms with Gasteiger partial charge in [-0.25, -0.2) is 0 Å². The molecule has 1 heterocycles. The number of rotatable bonds is 3. The van der Waals surface area contributed by atoms with E-state index in [-0.39, 0.29) is 29.9 Å². The Labute approximate surface area is 139 Å². The molecule has 3 fully saturated rings. The van der Waals surface area contributed by atoms with Crippen LogP contribution in [0.4, 0.5) is 0 Å². The van der Waals surface area contributed by atoms with Gasteiger partial charge in [-0.05, 0) is 25.7 Å². The van der Waals surface area contributed by atoms with E-state index in [0.29, 0.717) is 18.4 Å². The van der Waals surface area contributed by atoms with Gasteiger partial charge < -0.3 is 9.47 Å². The zero-order valence-electron chi connectivity index (χ0n) is 10.6. The van der Waals surface area contributed by atoms with Crippen LogP contribution in [0, 0.1) is 23.7 Å². The lowest BCUT2D eigenvalue weighted by molar-refractivity contribution is -0.157. The van der Waals surface area contributed by atoms with E-state index in [4.69, 9.17) is 9.47 Å². The molecule has 0 radical (unpaired) electrons. The van der Waals surface area contributed by atoms with Crippen LogP contribution in [0.25, 0.3) is 0 Å². The van der Waals surface area contributed by atoms with Crippen LogP contribution in [0.5, 0.6) is 0 Å². The fourth-order valence-corrected chi connectivity index (χ4v) is 4.16. The first-order chi connectivity index (χ1) is 8.94. The molecule has 6 atom stereocenters. The highest BCUT2D eigenvalue weighted by Crippen LogP contribution is 2.56. The number of hydrogen-bond donors (Lipinski definition) is 0. The monoisotopic (exact) mass is 490 g/mol. The fourth-order valence-electron chi connectivity index (χ4n) is 3.72. The van der Waals surface area contributed by atoms with Gasteiger partial charge in [0.1, 0.15) is 9.53 Å². The third kappa shape index (κ3) is 2.30. The number of halogens is 2. The second kappa shape index (κ2) is 4.99. The third-order valence-electron chi connectivity index (χ3n) is 4.74. The standard InChI is InChI=1S/C13H16I2O4/c1-13(15,5-14)12(17)19-9-3-6-2-7(9)10-8(6)4-18-11(10)16/h6-10H,2-5H2,1H3. The number of carbonyl (C=O) groups is 2. The van der Waals surface area contributed by atoms with Gasteiger partial charge >= 0.3 is 11.9 Å². The molecule has 2 saturated carbocycles. The van der Waals surface area contributed by atoms with Gasteiger partial charge in [0, 0.05) is 16.3 Å². The first-order valence-electron chi connectivity index (χ1n) is 6.56. The van der Waals surface area contributed by atoms with Gasteiger partial charge in [0.05, 0.1) is 12.5 Å².